The van der Waals surface area contributed by atoms with Crippen molar-refractivity contribution in [3.05, 3.63) is 112 Å². The number of nitrogens with two attached hydrogens (primary N) is 1. The number of aromatic nitrogens is 4. The summed E-state index contributed by atoms with van der Waals surface area (Å²) in [5, 5.41) is 20.8. The van der Waals surface area contributed by atoms with Crippen molar-refractivity contribution in [3.8, 4) is 0 Å². The van der Waals surface area contributed by atoms with Crippen molar-refractivity contribution in [3.63, 3.8) is 0 Å². The van der Waals surface area contributed by atoms with E-state index in [1.165, 1.54) is 24.4 Å². The molecule has 3 aromatic carbocycles. The lowest BCUT2D eigenvalue weighted by Gasteiger charge is -2.16. The zero-order valence-electron chi connectivity index (χ0n) is 31.5. The molecule has 0 bridgehead atoms. The lowest BCUT2D eigenvalue weighted by atomic mass is 10.1. The molecule has 1 atom stereocenters. The van der Waals surface area contributed by atoms with Gasteiger partial charge in [0.2, 0.25) is 11.9 Å². The van der Waals surface area contributed by atoms with Crippen molar-refractivity contribution < 1.29 is 42.4 Å². The van der Waals surface area contributed by atoms with Crippen LogP contribution in [0.1, 0.15) is 58.7 Å². The third kappa shape index (κ3) is 12.0. The fraction of sp³-hybridized carbons (Fsp3) is 0.263. The Bertz CT molecular complexity index is 2350. The lowest BCUT2D eigenvalue weighted by Crippen LogP contribution is -2.41. The van der Waals surface area contributed by atoms with Gasteiger partial charge in [-0.15, -0.1) is 0 Å². The average Bonchev–Trinajstić information content (AvgIpc) is 3.19. The van der Waals surface area contributed by atoms with Gasteiger partial charge in [0, 0.05) is 23.4 Å². The van der Waals surface area contributed by atoms with Crippen molar-refractivity contribution in [2.45, 2.75) is 45.7 Å². The van der Waals surface area contributed by atoms with Crippen LogP contribution in [-0.2, 0) is 40.7 Å². The van der Waals surface area contributed by atoms with Crippen molar-refractivity contribution in [1.29, 1.82) is 0 Å². The zero-order valence-corrected chi connectivity index (χ0v) is 32.4. The maximum Gasteiger partial charge on any atom is 0.474 e. The van der Waals surface area contributed by atoms with Gasteiger partial charge in [0.15, 0.2) is 11.2 Å². The summed E-state index contributed by atoms with van der Waals surface area (Å²) in [5.41, 5.74) is 8.11. The van der Waals surface area contributed by atoms with Crippen LogP contribution in [0.15, 0.2) is 83.8 Å². The highest BCUT2D eigenvalue weighted by molar-refractivity contribution is 7.48. The number of para-hydroxylation sites is 1. The number of nitrogens with one attached hydrogen (secondary N) is 5. The maximum atomic E-state index is 13.2. The van der Waals surface area contributed by atoms with Gasteiger partial charge in [0.1, 0.15) is 6.04 Å². The number of benzene rings is 3. The Kier molecular flexibility index (Phi) is 14.7. The van der Waals surface area contributed by atoms with Crippen LogP contribution in [0, 0.1) is 0 Å². The fourth-order valence-electron chi connectivity index (χ4n) is 5.43. The van der Waals surface area contributed by atoms with E-state index >= 15 is 0 Å². The number of hydrogen-bond donors (Lipinski definition) is 7. The summed E-state index contributed by atoms with van der Waals surface area (Å²) >= 11 is 0. The van der Waals surface area contributed by atoms with E-state index in [4.69, 9.17) is 19.3 Å². The Hall–Kier alpha value is -6.53. The van der Waals surface area contributed by atoms with Crippen LogP contribution in [0.5, 0.6) is 0 Å². The van der Waals surface area contributed by atoms with Crippen LogP contribution in [-0.4, -0.2) is 74.6 Å². The number of carboxylic acid groups (broad SMARTS) is 1. The van der Waals surface area contributed by atoms with E-state index in [9.17, 15) is 33.6 Å². The topological polar surface area (TPSA) is 279 Å². The number of fused-ring (bicyclic) bond motifs is 1. The summed E-state index contributed by atoms with van der Waals surface area (Å²) in [6.07, 6.45) is 1.37. The van der Waals surface area contributed by atoms with E-state index in [0.717, 1.165) is 5.56 Å². The zero-order chi connectivity index (χ0) is 41.7. The first-order valence-electron chi connectivity index (χ1n) is 18.1. The van der Waals surface area contributed by atoms with E-state index in [-0.39, 0.29) is 73.1 Å². The highest BCUT2D eigenvalue weighted by Crippen LogP contribution is 2.49. The molecule has 0 saturated carbocycles. The third-order valence-electron chi connectivity index (χ3n) is 8.25. The normalized spacial score (nSPS) is 11.8. The number of rotatable bonds is 20. The standard InChI is InChI=1S/C38H42N9O10P/c1-3-55-58(54,56-4-2)57-20-19-23-9-13-26(14-10-23)43-35(50)28-7-5-6-8-29(28)44-31(48)18-17-30(37(52)53)45-34(49)24-11-15-25(16-12-24)40-21-27-22-41-33-32(42-27)36(51)47-38(39)46-33/h5-16,22,30,40H,3-4,17-21H2,1-2H3,(H,43,50)(H,44,48)(H,45,49)(H,52,53)(H3,39,41,46,47,51). The Labute approximate surface area is 331 Å². The molecule has 5 rings (SSSR count). The van der Waals surface area contributed by atoms with Crippen LogP contribution >= 0.6 is 7.82 Å². The molecule has 2 aromatic heterocycles. The first-order valence-corrected chi connectivity index (χ1v) is 19.5. The first-order chi connectivity index (χ1) is 27.9. The van der Waals surface area contributed by atoms with Gasteiger partial charge < -0.3 is 37.1 Å². The first kappa shape index (κ1) is 42.6. The highest BCUT2D eigenvalue weighted by atomic mass is 31.2. The van der Waals surface area contributed by atoms with Gasteiger partial charge in [-0.25, -0.2) is 19.3 Å². The van der Waals surface area contributed by atoms with Crippen LogP contribution in [0.2, 0.25) is 0 Å². The minimum absolute atomic E-state index is 0.0368. The predicted octanol–water partition coefficient (Wildman–Crippen LogP) is 4.50. The molecule has 8 N–H and O–H groups in total. The number of amides is 3. The summed E-state index contributed by atoms with van der Waals surface area (Å²) in [7, 11) is -3.63. The number of hydrogen-bond acceptors (Lipinski definition) is 14. The maximum absolute atomic E-state index is 13.2. The molecule has 0 radical (unpaired) electrons. The molecule has 19 nitrogen and oxygen atoms in total. The van der Waals surface area contributed by atoms with Crippen LogP contribution < -0.4 is 32.6 Å². The molecule has 20 heteroatoms. The van der Waals surface area contributed by atoms with Crippen molar-refractivity contribution in [2.75, 3.05) is 41.5 Å². The molecule has 0 spiro atoms. The lowest BCUT2D eigenvalue weighted by molar-refractivity contribution is -0.139. The second-order valence-corrected chi connectivity index (χ2v) is 14.1. The minimum Gasteiger partial charge on any atom is -0.480 e. The number of aliphatic carboxylic acids is 1. The minimum atomic E-state index is -3.63. The average molecular weight is 816 g/mol. The molecule has 3 amide bonds. The fourth-order valence-corrected chi connectivity index (χ4v) is 6.60. The van der Waals surface area contributed by atoms with E-state index in [1.807, 2.05) is 0 Å². The van der Waals surface area contributed by atoms with Crippen LogP contribution in [0.3, 0.4) is 0 Å². The SMILES string of the molecule is CCOP(=O)(OCC)OCCc1ccc(NC(=O)c2ccccc2NC(=O)CCC(NC(=O)c2ccc(NCc3cnc4[nH]c(N)nc(=O)c4n3)cc2)C(=O)O)cc1. The number of carbonyl (C=O) groups is 4. The molecule has 5 aromatic rings. The number of anilines is 4. The predicted molar refractivity (Wildman–Crippen MR) is 214 cm³/mol. The van der Waals surface area contributed by atoms with E-state index < -0.39 is 43.1 Å². The van der Waals surface area contributed by atoms with Gasteiger partial charge in [-0.3, -0.25) is 32.7 Å². The van der Waals surface area contributed by atoms with E-state index in [0.29, 0.717) is 23.5 Å². The molecule has 304 valence electrons. The number of carboxylic acids is 1. The van der Waals surface area contributed by atoms with E-state index in [2.05, 4.69) is 41.2 Å². The third-order valence-corrected chi connectivity index (χ3v) is 9.90. The van der Waals surface area contributed by atoms with Gasteiger partial charge in [0.05, 0.1) is 49.5 Å². The Morgan fingerprint density at radius 3 is 2.26 bits per heavy atom. The largest absolute Gasteiger partial charge is 0.480 e. The number of phosphoric acid groups is 1. The van der Waals surface area contributed by atoms with Crippen LogP contribution in [0.25, 0.3) is 11.2 Å². The molecule has 0 aliphatic rings. The Balaban J connectivity index is 1.09. The molecule has 0 fully saturated rings. The molecule has 0 aliphatic heterocycles. The summed E-state index contributed by atoms with van der Waals surface area (Å²) in [5.74, 6) is -3.13. The second kappa shape index (κ2) is 20.1. The van der Waals surface area contributed by atoms with Crippen molar-refractivity contribution >= 4 is 65.7 Å². The Morgan fingerprint density at radius 1 is 0.879 bits per heavy atom. The second-order valence-electron chi connectivity index (χ2n) is 12.4. The van der Waals surface area contributed by atoms with Gasteiger partial charge >= 0.3 is 19.4 Å². The molecular formula is C38H42N9O10P. The van der Waals surface area contributed by atoms with Crippen molar-refractivity contribution in [1.82, 2.24) is 25.3 Å². The molecular weight excluding hydrogens is 773 g/mol. The summed E-state index contributed by atoms with van der Waals surface area (Å²) < 4.78 is 28.1. The Morgan fingerprint density at radius 2 is 1.57 bits per heavy atom. The number of aromatic amines is 1. The quantitative estimate of drug-likeness (QED) is 0.0533. The van der Waals surface area contributed by atoms with Gasteiger partial charge in [0.25, 0.3) is 11.8 Å². The van der Waals surface area contributed by atoms with E-state index in [1.54, 1.807) is 68.4 Å². The molecule has 58 heavy (non-hydrogen) atoms. The molecule has 0 aliphatic carbocycles. The monoisotopic (exact) mass is 815 g/mol. The number of phosphoric ester groups is 1. The number of H-pyrrole nitrogens is 1. The number of carbonyl (C=O) groups excluding carboxylic acids is 3. The molecule has 1 unspecified atom stereocenters. The van der Waals surface area contributed by atoms with Crippen molar-refractivity contribution in [2.24, 2.45) is 0 Å². The summed E-state index contributed by atoms with van der Waals surface area (Å²) in [6.45, 7) is 4.02. The van der Waals surface area contributed by atoms with Gasteiger partial charge in [-0.1, -0.05) is 24.3 Å². The number of nitrogens with zero attached hydrogens (tertiary/aromatic N) is 3. The highest BCUT2D eigenvalue weighted by Gasteiger charge is 2.25. The van der Waals surface area contributed by atoms with Gasteiger partial charge in [-0.2, -0.15) is 4.98 Å². The summed E-state index contributed by atoms with van der Waals surface area (Å²) in [6, 6.07) is 18.1. The molecule has 0 saturated heterocycles. The van der Waals surface area contributed by atoms with Gasteiger partial charge in [-0.05, 0) is 80.8 Å². The van der Waals surface area contributed by atoms with Crippen LogP contribution in [0.4, 0.5) is 23.0 Å². The number of nitrogen functional groups attached to an aromatic ring is 1. The smallest absolute Gasteiger partial charge is 0.474 e. The molecule has 2 heterocycles. The summed E-state index contributed by atoms with van der Waals surface area (Å²) in [4.78, 5) is 77.9.